The molecular weight excluding hydrogens is 456 g/mol. The molecule has 2 aromatic carbocycles. The summed E-state index contributed by atoms with van der Waals surface area (Å²) in [6.07, 6.45) is 8.51. The van der Waals surface area contributed by atoms with E-state index in [4.69, 9.17) is 16.7 Å². The van der Waals surface area contributed by atoms with Crippen molar-refractivity contribution < 1.29 is 24.6 Å². The van der Waals surface area contributed by atoms with Gasteiger partial charge in [0.1, 0.15) is 6.04 Å². The van der Waals surface area contributed by atoms with Crippen LogP contribution in [0.2, 0.25) is 5.02 Å². The third-order valence-electron chi connectivity index (χ3n) is 5.25. The van der Waals surface area contributed by atoms with Crippen molar-refractivity contribution in [2.75, 3.05) is 6.54 Å². The Balaban J connectivity index is 1.62. The number of allylic oxidation sites excluding steroid dienone is 5. The average Bonchev–Trinajstić information content (AvgIpc) is 3.04. The van der Waals surface area contributed by atoms with Crippen LogP contribution in [0.4, 0.5) is 0 Å². The van der Waals surface area contributed by atoms with Crippen molar-refractivity contribution in [2.24, 2.45) is 0 Å². The molecule has 1 aliphatic rings. The minimum absolute atomic E-state index is 0.0970. The van der Waals surface area contributed by atoms with Gasteiger partial charge in [0.2, 0.25) is 0 Å². The number of carboxylic acid groups (broad SMARTS) is 2. The van der Waals surface area contributed by atoms with E-state index in [0.717, 1.165) is 22.3 Å². The zero-order valence-corrected chi connectivity index (χ0v) is 19.1. The molecule has 8 heteroatoms. The summed E-state index contributed by atoms with van der Waals surface area (Å²) >= 11 is 6.05. The Kier molecular flexibility index (Phi) is 8.79. The van der Waals surface area contributed by atoms with Gasteiger partial charge in [0, 0.05) is 13.0 Å². The lowest BCUT2D eigenvalue weighted by atomic mass is 10.0. The van der Waals surface area contributed by atoms with Gasteiger partial charge in [-0.25, -0.2) is 4.79 Å². The molecule has 0 saturated carbocycles. The lowest BCUT2D eigenvalue weighted by Crippen LogP contribution is -2.41. The lowest BCUT2D eigenvalue weighted by Gasteiger charge is -2.15. The molecule has 0 bridgehead atoms. The number of halogens is 1. The molecule has 34 heavy (non-hydrogen) atoms. The Bertz CT molecular complexity index is 1150. The Morgan fingerprint density at radius 2 is 1.71 bits per heavy atom. The number of carboxylic acids is 2. The van der Waals surface area contributed by atoms with Gasteiger partial charge in [-0.05, 0) is 40.8 Å². The van der Waals surface area contributed by atoms with Crippen LogP contribution in [0.25, 0.3) is 5.57 Å². The van der Waals surface area contributed by atoms with Crippen molar-refractivity contribution in [1.29, 1.82) is 0 Å². The van der Waals surface area contributed by atoms with Crippen molar-refractivity contribution in [1.82, 2.24) is 10.6 Å². The Morgan fingerprint density at radius 1 is 0.971 bits per heavy atom. The normalized spacial score (nSPS) is 13.9. The summed E-state index contributed by atoms with van der Waals surface area (Å²) in [6.45, 7) is 0.365. The zero-order chi connectivity index (χ0) is 24.5. The minimum Gasteiger partial charge on any atom is -0.480 e. The van der Waals surface area contributed by atoms with Crippen molar-refractivity contribution in [3.63, 3.8) is 0 Å². The molecule has 2 aromatic rings. The predicted molar refractivity (Wildman–Crippen MR) is 131 cm³/mol. The molecule has 7 nitrogen and oxygen atoms in total. The van der Waals surface area contributed by atoms with E-state index in [1.807, 2.05) is 48.6 Å². The smallest absolute Gasteiger partial charge is 0.326 e. The highest BCUT2D eigenvalue weighted by Gasteiger charge is 2.22. The van der Waals surface area contributed by atoms with Gasteiger partial charge in [0.05, 0.1) is 17.1 Å². The second kappa shape index (κ2) is 12.0. The first-order chi connectivity index (χ1) is 16.3. The number of amides is 1. The maximum absolute atomic E-state index is 12.5. The second-order valence-corrected chi connectivity index (χ2v) is 8.16. The highest BCUT2D eigenvalue weighted by molar-refractivity contribution is 6.33. The molecular formula is C26H25ClN2O5. The molecule has 4 N–H and O–H groups in total. The van der Waals surface area contributed by atoms with Crippen LogP contribution < -0.4 is 10.6 Å². The first kappa shape index (κ1) is 25.0. The molecule has 1 aliphatic carbocycles. The molecule has 1 atom stereocenters. The van der Waals surface area contributed by atoms with Gasteiger partial charge in [-0.2, -0.15) is 0 Å². The van der Waals surface area contributed by atoms with Gasteiger partial charge in [0.25, 0.3) is 5.91 Å². The molecule has 0 fully saturated rings. The number of carbonyl (C=O) groups is 3. The molecule has 0 saturated heterocycles. The highest BCUT2D eigenvalue weighted by atomic mass is 35.5. The maximum Gasteiger partial charge on any atom is 0.326 e. The molecule has 0 aliphatic heterocycles. The van der Waals surface area contributed by atoms with Crippen LogP contribution in [0.15, 0.2) is 78.4 Å². The monoisotopic (exact) mass is 480 g/mol. The molecule has 0 aromatic heterocycles. The third kappa shape index (κ3) is 7.16. The number of aliphatic carboxylic acids is 2. The topological polar surface area (TPSA) is 116 Å². The fraction of sp³-hybridized carbons (Fsp3) is 0.192. The van der Waals surface area contributed by atoms with Crippen molar-refractivity contribution in [3.05, 3.63) is 100 Å². The van der Waals surface area contributed by atoms with Crippen molar-refractivity contribution in [3.8, 4) is 0 Å². The molecule has 3 rings (SSSR count). The van der Waals surface area contributed by atoms with Crippen LogP contribution in [-0.2, 0) is 16.1 Å². The summed E-state index contributed by atoms with van der Waals surface area (Å²) in [4.78, 5) is 34.9. The summed E-state index contributed by atoms with van der Waals surface area (Å²) in [7, 11) is 0. The molecule has 176 valence electrons. The van der Waals surface area contributed by atoms with E-state index in [-0.39, 0.29) is 23.6 Å². The van der Waals surface area contributed by atoms with Gasteiger partial charge >= 0.3 is 11.9 Å². The van der Waals surface area contributed by atoms with E-state index < -0.39 is 23.9 Å². The van der Waals surface area contributed by atoms with Crippen LogP contribution in [0.3, 0.4) is 0 Å². The van der Waals surface area contributed by atoms with E-state index in [9.17, 15) is 19.5 Å². The summed E-state index contributed by atoms with van der Waals surface area (Å²) < 4.78 is 0. The van der Waals surface area contributed by atoms with E-state index in [0.29, 0.717) is 13.0 Å². The number of rotatable bonds is 10. The number of carbonyl (C=O) groups excluding carboxylic acids is 1. The van der Waals surface area contributed by atoms with Crippen LogP contribution in [0, 0.1) is 0 Å². The van der Waals surface area contributed by atoms with Gasteiger partial charge in [-0.1, -0.05) is 72.3 Å². The third-order valence-corrected chi connectivity index (χ3v) is 5.58. The quantitative estimate of drug-likeness (QED) is 0.407. The number of hydrogen-bond donors (Lipinski definition) is 4. The fourth-order valence-corrected chi connectivity index (χ4v) is 3.70. The summed E-state index contributed by atoms with van der Waals surface area (Å²) in [5, 5.41) is 24.0. The Morgan fingerprint density at radius 3 is 2.38 bits per heavy atom. The number of nitrogens with one attached hydrogen (secondary N) is 2. The minimum atomic E-state index is -1.13. The SMILES string of the molecule is O=C(O)CNCc1ccc(C2=CCC=C(CC(NC(=O)c3ccccc3Cl)C(=O)O)C=C2)cc1. The molecule has 1 amide bonds. The molecule has 0 spiro atoms. The Hall–Kier alpha value is -3.68. The lowest BCUT2D eigenvalue weighted by molar-refractivity contribution is -0.139. The van der Waals surface area contributed by atoms with E-state index >= 15 is 0 Å². The van der Waals surface area contributed by atoms with E-state index in [1.54, 1.807) is 24.3 Å². The molecule has 1 unspecified atom stereocenters. The molecule has 0 radical (unpaired) electrons. The van der Waals surface area contributed by atoms with Gasteiger partial charge < -0.3 is 20.8 Å². The van der Waals surface area contributed by atoms with E-state index in [2.05, 4.69) is 10.6 Å². The fourth-order valence-electron chi connectivity index (χ4n) is 3.48. The van der Waals surface area contributed by atoms with Crippen molar-refractivity contribution >= 4 is 35.0 Å². The summed E-state index contributed by atoms with van der Waals surface area (Å²) in [5.41, 5.74) is 3.98. The van der Waals surface area contributed by atoms with E-state index in [1.165, 1.54) is 0 Å². The van der Waals surface area contributed by atoms with Crippen LogP contribution >= 0.6 is 11.6 Å². The first-order valence-corrected chi connectivity index (χ1v) is 11.1. The first-order valence-electron chi connectivity index (χ1n) is 10.7. The highest BCUT2D eigenvalue weighted by Crippen LogP contribution is 2.23. The zero-order valence-electron chi connectivity index (χ0n) is 18.3. The van der Waals surface area contributed by atoms with Crippen LogP contribution in [-0.4, -0.2) is 40.6 Å². The van der Waals surface area contributed by atoms with Gasteiger partial charge in [-0.15, -0.1) is 0 Å². The summed E-state index contributed by atoms with van der Waals surface area (Å²) in [5.74, 6) is -2.56. The average molecular weight is 481 g/mol. The second-order valence-electron chi connectivity index (χ2n) is 7.75. The maximum atomic E-state index is 12.5. The number of hydrogen-bond acceptors (Lipinski definition) is 4. The largest absolute Gasteiger partial charge is 0.480 e. The predicted octanol–water partition coefficient (Wildman–Crippen LogP) is 4.06. The van der Waals surface area contributed by atoms with Gasteiger partial charge in [-0.3, -0.25) is 9.59 Å². The standard InChI is InChI=1S/C26H25ClN2O5/c27-22-7-2-1-6-21(22)25(32)29-23(26(33)34)14-17-4-3-5-19(11-8-17)20-12-9-18(10-13-20)15-28-16-24(30)31/h1-2,4-13,23,28H,3,14-16H2,(H,29,32)(H,30,31)(H,33,34). The number of benzene rings is 2. The van der Waals surface area contributed by atoms with Gasteiger partial charge in [0.15, 0.2) is 0 Å². The molecule has 0 heterocycles. The van der Waals surface area contributed by atoms with Crippen LogP contribution in [0.5, 0.6) is 0 Å². The van der Waals surface area contributed by atoms with Crippen molar-refractivity contribution in [2.45, 2.75) is 25.4 Å². The summed E-state index contributed by atoms with van der Waals surface area (Å²) in [6, 6.07) is 13.2. The Labute approximate surface area is 202 Å². The van der Waals surface area contributed by atoms with Crippen LogP contribution in [0.1, 0.15) is 34.3 Å².